The van der Waals surface area contributed by atoms with Gasteiger partial charge in [0.1, 0.15) is 17.7 Å². The topological polar surface area (TPSA) is 75.1 Å². The van der Waals surface area contributed by atoms with E-state index in [1.54, 1.807) is 0 Å². The molecule has 2 aromatic rings. The Morgan fingerprint density at radius 1 is 1.29 bits per heavy atom. The summed E-state index contributed by atoms with van der Waals surface area (Å²) in [6.07, 6.45) is -3.25. The van der Waals surface area contributed by atoms with Crippen molar-refractivity contribution in [3.63, 3.8) is 0 Å². The summed E-state index contributed by atoms with van der Waals surface area (Å²) in [5, 5.41) is 11.7. The molecule has 110 valence electrons. The summed E-state index contributed by atoms with van der Waals surface area (Å²) in [6, 6.07) is 4.03. The summed E-state index contributed by atoms with van der Waals surface area (Å²) in [4.78, 5) is 18.6. The summed E-state index contributed by atoms with van der Waals surface area (Å²) in [5.74, 6) is -1.06. The number of anilines is 1. The fraction of sp³-hybridized carbons (Fsp3) is 0.308. The molecular formula is C13H10F3N3O2. The van der Waals surface area contributed by atoms with Gasteiger partial charge in [0, 0.05) is 5.39 Å². The fourth-order valence-electron chi connectivity index (χ4n) is 2.12. The van der Waals surface area contributed by atoms with Crippen LogP contribution in [-0.2, 0) is 0 Å². The molecular weight excluding hydrogens is 287 g/mol. The second-order valence-corrected chi connectivity index (χ2v) is 4.96. The lowest BCUT2D eigenvalue weighted by atomic mass is 10.1. The highest BCUT2D eigenvalue weighted by molar-refractivity contribution is 5.96. The van der Waals surface area contributed by atoms with Gasteiger partial charge in [0.05, 0.1) is 11.1 Å². The number of fused-ring (bicyclic) bond motifs is 1. The van der Waals surface area contributed by atoms with Crippen molar-refractivity contribution < 1.29 is 23.1 Å². The average Bonchev–Trinajstić information content (AvgIpc) is 3.19. The third-order valence-corrected chi connectivity index (χ3v) is 3.53. The smallest absolute Gasteiger partial charge is 0.411 e. The van der Waals surface area contributed by atoms with Crippen LogP contribution in [0.15, 0.2) is 24.5 Å². The molecule has 8 heteroatoms. The number of benzene rings is 1. The van der Waals surface area contributed by atoms with Crippen LogP contribution in [0.5, 0.6) is 0 Å². The molecule has 1 aliphatic rings. The zero-order chi connectivity index (χ0) is 15.3. The highest BCUT2D eigenvalue weighted by Gasteiger charge is 2.63. The van der Waals surface area contributed by atoms with Gasteiger partial charge in [0.2, 0.25) is 0 Å². The molecule has 1 aromatic heterocycles. The first-order valence-electron chi connectivity index (χ1n) is 6.15. The van der Waals surface area contributed by atoms with E-state index in [9.17, 15) is 18.0 Å². The Morgan fingerprint density at radius 2 is 2.00 bits per heavy atom. The number of hydrogen-bond donors (Lipinski definition) is 2. The summed E-state index contributed by atoms with van der Waals surface area (Å²) < 4.78 is 38.9. The monoisotopic (exact) mass is 297 g/mol. The van der Waals surface area contributed by atoms with E-state index in [1.165, 1.54) is 18.2 Å². The van der Waals surface area contributed by atoms with Gasteiger partial charge in [-0.3, -0.25) is 0 Å². The van der Waals surface area contributed by atoms with Crippen LogP contribution < -0.4 is 5.32 Å². The van der Waals surface area contributed by atoms with Crippen LogP contribution in [0.2, 0.25) is 0 Å². The van der Waals surface area contributed by atoms with Gasteiger partial charge in [0.25, 0.3) is 0 Å². The van der Waals surface area contributed by atoms with E-state index in [1.807, 2.05) is 0 Å². The molecule has 0 radical (unpaired) electrons. The van der Waals surface area contributed by atoms with Crippen molar-refractivity contribution in [3.8, 4) is 0 Å². The average molecular weight is 297 g/mol. The number of alkyl halides is 3. The molecule has 0 atom stereocenters. The molecule has 0 saturated heterocycles. The Balaban J connectivity index is 2.02. The Hall–Kier alpha value is -2.38. The van der Waals surface area contributed by atoms with Gasteiger partial charge in [-0.1, -0.05) is 0 Å². The number of halogens is 3. The zero-order valence-corrected chi connectivity index (χ0v) is 10.6. The van der Waals surface area contributed by atoms with E-state index in [4.69, 9.17) is 5.11 Å². The molecule has 1 fully saturated rings. The van der Waals surface area contributed by atoms with Gasteiger partial charge in [-0.05, 0) is 31.0 Å². The standard InChI is InChI=1S/C13H10F3N3O2/c14-13(15,16)12(3-4-12)19-10-8-2-1-7(11(20)21)5-9(8)17-6-18-10/h1-2,5-6H,3-4H2,(H,20,21)(H,17,18,19). The van der Waals surface area contributed by atoms with Crippen molar-refractivity contribution in [2.45, 2.75) is 24.6 Å². The number of aromatic nitrogens is 2. The fourth-order valence-corrected chi connectivity index (χ4v) is 2.12. The molecule has 0 spiro atoms. The summed E-state index contributed by atoms with van der Waals surface area (Å²) in [7, 11) is 0. The molecule has 0 aliphatic heterocycles. The van der Waals surface area contributed by atoms with Crippen LogP contribution >= 0.6 is 0 Å². The molecule has 1 saturated carbocycles. The maximum atomic E-state index is 13.0. The minimum absolute atomic E-state index is 0.00476. The van der Waals surface area contributed by atoms with Gasteiger partial charge in [0.15, 0.2) is 0 Å². The Kier molecular flexibility index (Phi) is 2.79. The van der Waals surface area contributed by atoms with Gasteiger partial charge < -0.3 is 10.4 Å². The van der Waals surface area contributed by atoms with E-state index < -0.39 is 17.7 Å². The van der Waals surface area contributed by atoms with Gasteiger partial charge in [-0.25, -0.2) is 14.8 Å². The molecule has 0 bridgehead atoms. The third kappa shape index (κ3) is 2.26. The molecule has 2 N–H and O–H groups in total. The first kappa shape index (κ1) is 13.6. The van der Waals surface area contributed by atoms with Crippen LogP contribution in [0.4, 0.5) is 19.0 Å². The van der Waals surface area contributed by atoms with Crippen molar-refractivity contribution in [2.24, 2.45) is 0 Å². The second-order valence-electron chi connectivity index (χ2n) is 4.96. The number of carboxylic acid groups (broad SMARTS) is 1. The van der Waals surface area contributed by atoms with Crippen LogP contribution in [0.1, 0.15) is 23.2 Å². The summed E-state index contributed by atoms with van der Waals surface area (Å²) in [5.41, 5.74) is -1.63. The molecule has 1 heterocycles. The number of carbonyl (C=O) groups is 1. The number of nitrogens with one attached hydrogen (secondary N) is 1. The van der Waals surface area contributed by atoms with Crippen molar-refractivity contribution >= 4 is 22.7 Å². The molecule has 3 rings (SSSR count). The van der Waals surface area contributed by atoms with Crippen molar-refractivity contribution in [1.29, 1.82) is 0 Å². The first-order valence-corrected chi connectivity index (χ1v) is 6.15. The Labute approximate surface area is 116 Å². The maximum Gasteiger partial charge on any atom is 0.411 e. The molecule has 21 heavy (non-hydrogen) atoms. The lowest BCUT2D eigenvalue weighted by Gasteiger charge is -2.21. The van der Waals surface area contributed by atoms with E-state index in [0.717, 1.165) is 6.33 Å². The van der Waals surface area contributed by atoms with Gasteiger partial charge in [-0.15, -0.1) is 0 Å². The zero-order valence-electron chi connectivity index (χ0n) is 10.6. The van der Waals surface area contributed by atoms with E-state index >= 15 is 0 Å². The maximum absolute atomic E-state index is 13.0. The predicted molar refractivity (Wildman–Crippen MR) is 68.1 cm³/mol. The third-order valence-electron chi connectivity index (χ3n) is 3.53. The van der Waals surface area contributed by atoms with Crippen LogP contribution in [0, 0.1) is 0 Å². The van der Waals surface area contributed by atoms with Crippen molar-refractivity contribution in [1.82, 2.24) is 9.97 Å². The number of hydrogen-bond acceptors (Lipinski definition) is 4. The lowest BCUT2D eigenvalue weighted by molar-refractivity contribution is -0.151. The quantitative estimate of drug-likeness (QED) is 0.911. The number of rotatable bonds is 3. The SMILES string of the molecule is O=C(O)c1ccc2c(NC3(C(F)(F)F)CC3)ncnc2c1. The number of carboxylic acids is 1. The van der Waals surface area contributed by atoms with Crippen molar-refractivity contribution in [2.75, 3.05) is 5.32 Å². The van der Waals surface area contributed by atoms with E-state index in [-0.39, 0.29) is 29.7 Å². The van der Waals surface area contributed by atoms with Gasteiger partial charge >= 0.3 is 12.1 Å². The van der Waals surface area contributed by atoms with Gasteiger partial charge in [-0.2, -0.15) is 13.2 Å². The molecule has 5 nitrogen and oxygen atoms in total. The summed E-state index contributed by atoms with van der Waals surface area (Å²) in [6.45, 7) is 0. The van der Waals surface area contributed by atoms with Crippen LogP contribution in [0.3, 0.4) is 0 Å². The Morgan fingerprint density at radius 3 is 2.57 bits per heavy atom. The van der Waals surface area contributed by atoms with Crippen LogP contribution in [0.25, 0.3) is 10.9 Å². The highest BCUT2D eigenvalue weighted by atomic mass is 19.4. The normalized spacial score (nSPS) is 16.7. The first-order chi connectivity index (χ1) is 9.82. The molecule has 0 unspecified atom stereocenters. The predicted octanol–water partition coefficient (Wildman–Crippen LogP) is 2.83. The Bertz CT molecular complexity index is 726. The summed E-state index contributed by atoms with van der Waals surface area (Å²) >= 11 is 0. The van der Waals surface area contributed by atoms with Crippen LogP contribution in [-0.4, -0.2) is 32.8 Å². The molecule has 1 aliphatic carbocycles. The number of nitrogens with zero attached hydrogens (tertiary/aromatic N) is 2. The molecule has 0 amide bonds. The molecule has 1 aromatic carbocycles. The number of aromatic carboxylic acids is 1. The van der Waals surface area contributed by atoms with E-state index in [0.29, 0.717) is 5.39 Å². The largest absolute Gasteiger partial charge is 0.478 e. The second kappa shape index (κ2) is 4.31. The van der Waals surface area contributed by atoms with E-state index in [2.05, 4.69) is 15.3 Å². The lowest BCUT2D eigenvalue weighted by Crippen LogP contribution is -2.39. The highest BCUT2D eigenvalue weighted by Crippen LogP contribution is 2.51. The van der Waals surface area contributed by atoms with Crippen molar-refractivity contribution in [3.05, 3.63) is 30.1 Å². The minimum Gasteiger partial charge on any atom is -0.478 e. The minimum atomic E-state index is -4.36.